The predicted octanol–water partition coefficient (Wildman–Crippen LogP) is 4.42. The zero-order valence-electron chi connectivity index (χ0n) is 19.0. The number of aliphatic hydroxyl groups is 2. The van der Waals surface area contributed by atoms with Crippen molar-refractivity contribution >= 4 is 5.97 Å². The van der Waals surface area contributed by atoms with Crippen molar-refractivity contribution in [3.05, 3.63) is 76.9 Å². The molecule has 0 saturated heterocycles. The monoisotopic (exact) mass is 448 g/mol. The second-order valence-corrected chi connectivity index (χ2v) is 10.0. The molecule has 1 unspecified atom stereocenters. The van der Waals surface area contributed by atoms with Gasteiger partial charge in [-0.2, -0.15) is 0 Å². The Balaban J connectivity index is 1.35. The highest BCUT2D eigenvalue weighted by Gasteiger charge is 2.46. The minimum Gasteiger partial charge on any atom is -0.490 e. The number of aryl methyl sites for hydroxylation is 2. The number of aromatic carboxylic acids is 1. The van der Waals surface area contributed by atoms with Crippen LogP contribution in [-0.2, 0) is 11.8 Å². The molecule has 2 aliphatic carbocycles. The molecule has 0 amide bonds. The summed E-state index contributed by atoms with van der Waals surface area (Å²) in [5.74, 6) is -0.318. The number of carboxylic acid groups (broad SMARTS) is 1. The summed E-state index contributed by atoms with van der Waals surface area (Å²) in [4.78, 5) is 11.4. The van der Waals surface area contributed by atoms with Crippen molar-refractivity contribution in [3.8, 4) is 5.75 Å². The van der Waals surface area contributed by atoms with Crippen LogP contribution in [0, 0.1) is 18.8 Å². The number of aliphatic hydroxyl groups excluding tert-OH is 2. The zero-order chi connectivity index (χ0) is 23.2. The van der Waals surface area contributed by atoms with E-state index in [1.807, 2.05) is 30.4 Å². The van der Waals surface area contributed by atoms with Crippen LogP contribution in [0.2, 0.25) is 0 Å². The van der Waals surface area contributed by atoms with E-state index in [1.165, 1.54) is 11.1 Å². The Hall–Kier alpha value is -2.63. The van der Waals surface area contributed by atoms with Gasteiger partial charge in [0, 0.05) is 23.7 Å². The molecule has 3 aliphatic rings. The van der Waals surface area contributed by atoms with Crippen molar-refractivity contribution in [1.82, 2.24) is 0 Å². The van der Waals surface area contributed by atoms with Crippen molar-refractivity contribution in [2.24, 2.45) is 11.8 Å². The molecule has 3 N–H and O–H groups in total. The van der Waals surface area contributed by atoms with Crippen molar-refractivity contribution in [2.75, 3.05) is 0 Å². The molecule has 2 aromatic carbocycles. The van der Waals surface area contributed by atoms with Crippen LogP contribution in [0.4, 0.5) is 0 Å². The summed E-state index contributed by atoms with van der Waals surface area (Å²) >= 11 is 0. The van der Waals surface area contributed by atoms with Crippen LogP contribution < -0.4 is 4.74 Å². The Bertz CT molecular complexity index is 1070. The zero-order valence-corrected chi connectivity index (χ0v) is 19.0. The Labute approximate surface area is 194 Å². The van der Waals surface area contributed by atoms with E-state index in [1.54, 1.807) is 12.1 Å². The molecular weight excluding hydrogens is 416 g/mol. The van der Waals surface area contributed by atoms with Gasteiger partial charge in [-0.3, -0.25) is 0 Å². The first-order valence-electron chi connectivity index (χ1n) is 12.0. The molecule has 2 fully saturated rings. The summed E-state index contributed by atoms with van der Waals surface area (Å²) in [7, 11) is 0. The van der Waals surface area contributed by atoms with E-state index in [2.05, 4.69) is 19.1 Å². The van der Waals surface area contributed by atoms with Gasteiger partial charge < -0.3 is 20.1 Å². The summed E-state index contributed by atoms with van der Waals surface area (Å²) in [6.07, 6.45) is 7.81. The smallest absolute Gasteiger partial charge is 0.335 e. The van der Waals surface area contributed by atoms with E-state index in [-0.39, 0.29) is 28.9 Å². The molecule has 1 aliphatic heterocycles. The highest BCUT2D eigenvalue weighted by molar-refractivity contribution is 5.88. The van der Waals surface area contributed by atoms with Crippen LogP contribution in [0.15, 0.2) is 54.6 Å². The number of benzene rings is 2. The molecular formula is C28H32O5. The minimum atomic E-state index is -0.970. The molecule has 0 spiro atoms. The number of carbonyl (C=O) groups is 1. The third-order valence-electron chi connectivity index (χ3n) is 8.24. The van der Waals surface area contributed by atoms with E-state index in [0.717, 1.165) is 37.7 Å². The van der Waals surface area contributed by atoms with Gasteiger partial charge in [0.05, 0.1) is 17.8 Å². The average Bonchev–Trinajstić information content (AvgIpc) is 2.93. The third-order valence-corrected chi connectivity index (χ3v) is 8.24. The van der Waals surface area contributed by atoms with Crippen LogP contribution in [0.5, 0.6) is 5.75 Å². The highest BCUT2D eigenvalue weighted by Crippen LogP contribution is 2.49. The Morgan fingerprint density at radius 2 is 2.00 bits per heavy atom. The van der Waals surface area contributed by atoms with Crippen LogP contribution in [0.3, 0.4) is 0 Å². The molecule has 33 heavy (non-hydrogen) atoms. The molecule has 5 heteroatoms. The van der Waals surface area contributed by atoms with Crippen LogP contribution in [-0.4, -0.2) is 39.6 Å². The molecule has 5 nitrogen and oxygen atoms in total. The maximum absolute atomic E-state index is 11.4. The van der Waals surface area contributed by atoms with Gasteiger partial charge in [0.2, 0.25) is 0 Å². The van der Waals surface area contributed by atoms with Gasteiger partial charge in [-0.25, -0.2) is 4.79 Å². The normalized spacial score (nSPS) is 28.8. The Morgan fingerprint density at radius 3 is 2.70 bits per heavy atom. The summed E-state index contributed by atoms with van der Waals surface area (Å²) in [5, 5.41) is 31.4. The van der Waals surface area contributed by atoms with Gasteiger partial charge in [0.1, 0.15) is 11.9 Å². The molecule has 0 radical (unpaired) electrons. The first-order chi connectivity index (χ1) is 15.9. The predicted molar refractivity (Wildman–Crippen MR) is 126 cm³/mol. The lowest BCUT2D eigenvalue weighted by molar-refractivity contribution is 0.0609. The fraction of sp³-hybridized carbons (Fsp3) is 0.464. The van der Waals surface area contributed by atoms with E-state index >= 15 is 0 Å². The van der Waals surface area contributed by atoms with Gasteiger partial charge in [-0.05, 0) is 61.4 Å². The first kappa shape index (κ1) is 22.2. The Morgan fingerprint density at radius 1 is 1.21 bits per heavy atom. The lowest BCUT2D eigenvalue weighted by atomic mass is 9.60. The van der Waals surface area contributed by atoms with Crippen LogP contribution >= 0.6 is 0 Å². The van der Waals surface area contributed by atoms with Gasteiger partial charge >= 0.3 is 5.97 Å². The van der Waals surface area contributed by atoms with Crippen LogP contribution in [0.1, 0.15) is 59.2 Å². The van der Waals surface area contributed by atoms with E-state index in [0.29, 0.717) is 12.2 Å². The number of fused-ring (bicyclic) bond motifs is 2. The minimum absolute atomic E-state index is 0.0908. The quantitative estimate of drug-likeness (QED) is 0.590. The number of hydrogen-bond acceptors (Lipinski definition) is 4. The fourth-order valence-electron chi connectivity index (χ4n) is 6.21. The largest absolute Gasteiger partial charge is 0.490 e. The van der Waals surface area contributed by atoms with Crippen molar-refractivity contribution in [2.45, 2.75) is 69.2 Å². The number of ether oxygens (including phenoxy) is 1. The third kappa shape index (κ3) is 3.87. The molecule has 0 bridgehead atoms. The van der Waals surface area contributed by atoms with Gasteiger partial charge in [-0.15, -0.1) is 0 Å². The van der Waals surface area contributed by atoms with E-state index in [4.69, 9.17) is 4.74 Å². The van der Waals surface area contributed by atoms with Crippen LogP contribution in [0.25, 0.3) is 0 Å². The Kier molecular flexibility index (Phi) is 5.79. The van der Waals surface area contributed by atoms with Crippen molar-refractivity contribution in [1.29, 1.82) is 0 Å². The number of rotatable bonds is 5. The number of carboxylic acids is 1. The molecule has 1 heterocycles. The first-order valence-corrected chi connectivity index (χ1v) is 12.0. The molecule has 174 valence electrons. The van der Waals surface area contributed by atoms with Crippen molar-refractivity contribution < 1.29 is 24.9 Å². The molecule has 0 aromatic heterocycles. The van der Waals surface area contributed by atoms with Gasteiger partial charge in [-0.1, -0.05) is 48.9 Å². The maximum atomic E-state index is 11.4. The van der Waals surface area contributed by atoms with Gasteiger partial charge in [0.25, 0.3) is 0 Å². The molecule has 5 rings (SSSR count). The van der Waals surface area contributed by atoms with E-state index < -0.39 is 18.2 Å². The summed E-state index contributed by atoms with van der Waals surface area (Å²) in [6, 6.07) is 13.4. The maximum Gasteiger partial charge on any atom is 0.335 e. The summed E-state index contributed by atoms with van der Waals surface area (Å²) in [5.41, 5.74) is 3.42. The summed E-state index contributed by atoms with van der Waals surface area (Å²) in [6.45, 7) is 2.10. The van der Waals surface area contributed by atoms with E-state index in [9.17, 15) is 20.1 Å². The molecule has 2 aromatic rings. The van der Waals surface area contributed by atoms with Gasteiger partial charge in [0.15, 0.2) is 0 Å². The number of hydrogen-bond donors (Lipinski definition) is 3. The lowest BCUT2D eigenvalue weighted by Gasteiger charge is -2.46. The van der Waals surface area contributed by atoms with Crippen molar-refractivity contribution in [3.63, 3.8) is 0 Å². The topological polar surface area (TPSA) is 87.0 Å². The highest BCUT2D eigenvalue weighted by atomic mass is 16.5. The summed E-state index contributed by atoms with van der Waals surface area (Å²) < 4.78 is 6.24. The second-order valence-electron chi connectivity index (χ2n) is 10.0. The second kappa shape index (κ2) is 8.62. The molecule has 5 atom stereocenters. The lowest BCUT2D eigenvalue weighted by Crippen LogP contribution is -2.45. The average molecular weight is 449 g/mol. The standard InChI is InChI=1S/C28H32O5/c1-17-5-2-3-6-22(17)28(13-4-14-28)26(30)12-11-20-21-10-9-18-7-8-19(27(31)32)15-24(18)33-25(21)16-23(20)29/h2-3,5-8,11-12,15,20-21,23,25-26,29-30H,4,9-10,13-14,16H2,1H3,(H,31,32)/b12-11+/t20-,21-,23-,25+,26?/m1/s1. The fourth-order valence-corrected chi connectivity index (χ4v) is 6.21. The molecule has 2 saturated carbocycles. The SMILES string of the molecule is Cc1ccccc1C1(C(O)/C=C/[C@@H]2[C@H]3CCc4ccc(C(=O)O)cc4O[C@H]3C[C@H]2O)CCC1.